The van der Waals surface area contributed by atoms with Crippen LogP contribution in [-0.2, 0) is 13.2 Å². The summed E-state index contributed by atoms with van der Waals surface area (Å²) in [6.45, 7) is 1.07. The van der Waals surface area contributed by atoms with Gasteiger partial charge in [-0.15, -0.1) is 11.3 Å². The zero-order valence-corrected chi connectivity index (χ0v) is 10.5. The first-order valence-corrected chi connectivity index (χ1v) is 6.23. The van der Waals surface area contributed by atoms with Gasteiger partial charge in [0.2, 0.25) is 0 Å². The van der Waals surface area contributed by atoms with Crippen LogP contribution >= 0.6 is 11.3 Å². The van der Waals surface area contributed by atoms with Gasteiger partial charge in [-0.1, -0.05) is 12.1 Å². The van der Waals surface area contributed by atoms with Crippen LogP contribution in [-0.4, -0.2) is 7.11 Å². The van der Waals surface area contributed by atoms with Crippen molar-refractivity contribution >= 4 is 11.3 Å². The Morgan fingerprint density at radius 1 is 1.18 bits per heavy atom. The summed E-state index contributed by atoms with van der Waals surface area (Å²) in [5.41, 5.74) is 6.73. The highest BCUT2D eigenvalue weighted by atomic mass is 32.1. The minimum absolute atomic E-state index is 0.523. The van der Waals surface area contributed by atoms with E-state index >= 15 is 0 Å². The third-order valence-electron chi connectivity index (χ3n) is 2.44. The quantitative estimate of drug-likeness (QED) is 0.886. The normalized spacial score (nSPS) is 10.2. The van der Waals surface area contributed by atoms with E-state index in [0.717, 1.165) is 21.9 Å². The van der Waals surface area contributed by atoms with Gasteiger partial charge in [0.25, 0.3) is 0 Å². The third-order valence-corrected chi connectivity index (χ3v) is 3.37. The van der Waals surface area contributed by atoms with Crippen LogP contribution < -0.4 is 15.2 Å². The van der Waals surface area contributed by atoms with E-state index < -0.39 is 0 Å². The zero-order valence-electron chi connectivity index (χ0n) is 9.68. The predicted molar refractivity (Wildman–Crippen MR) is 69.5 cm³/mol. The van der Waals surface area contributed by atoms with Crippen LogP contribution in [0.15, 0.2) is 35.7 Å². The number of hydrogen-bond acceptors (Lipinski definition) is 4. The van der Waals surface area contributed by atoms with Crippen molar-refractivity contribution in [3.8, 4) is 11.5 Å². The molecule has 2 N–H and O–H groups in total. The second kappa shape index (κ2) is 5.70. The van der Waals surface area contributed by atoms with Crippen molar-refractivity contribution < 1.29 is 9.47 Å². The van der Waals surface area contributed by atoms with Crippen LogP contribution in [0.2, 0.25) is 0 Å². The summed E-state index contributed by atoms with van der Waals surface area (Å²) in [5, 5.41) is 1.99. The van der Waals surface area contributed by atoms with E-state index in [-0.39, 0.29) is 0 Å². The number of benzene rings is 1. The summed E-state index contributed by atoms with van der Waals surface area (Å²) in [6, 6.07) is 9.79. The highest BCUT2D eigenvalue weighted by molar-refractivity contribution is 7.10. The molecule has 0 radical (unpaired) electrons. The van der Waals surface area contributed by atoms with E-state index in [2.05, 4.69) is 0 Å². The summed E-state index contributed by atoms with van der Waals surface area (Å²) in [6.07, 6.45) is 0. The van der Waals surface area contributed by atoms with Gasteiger partial charge in [0.15, 0.2) is 0 Å². The van der Waals surface area contributed by atoms with E-state index in [4.69, 9.17) is 15.2 Å². The first kappa shape index (κ1) is 12.0. The molecular weight excluding hydrogens is 234 g/mol. The average Bonchev–Trinajstić information content (AvgIpc) is 2.84. The van der Waals surface area contributed by atoms with Crippen LogP contribution in [0.3, 0.4) is 0 Å². The van der Waals surface area contributed by atoms with Crippen molar-refractivity contribution in [2.75, 3.05) is 7.11 Å². The van der Waals surface area contributed by atoms with Crippen molar-refractivity contribution in [3.63, 3.8) is 0 Å². The fourth-order valence-electron chi connectivity index (χ4n) is 1.49. The molecule has 0 saturated carbocycles. The largest absolute Gasteiger partial charge is 0.497 e. The second-order valence-electron chi connectivity index (χ2n) is 3.55. The van der Waals surface area contributed by atoms with Gasteiger partial charge in [0, 0.05) is 6.54 Å². The number of methoxy groups -OCH3 is 1. The van der Waals surface area contributed by atoms with Crippen LogP contribution in [0.5, 0.6) is 11.5 Å². The maximum Gasteiger partial charge on any atom is 0.134 e. The van der Waals surface area contributed by atoms with Gasteiger partial charge in [-0.3, -0.25) is 0 Å². The van der Waals surface area contributed by atoms with Crippen molar-refractivity contribution in [2.45, 2.75) is 13.2 Å². The van der Waals surface area contributed by atoms with Gasteiger partial charge in [-0.2, -0.15) is 0 Å². The maximum atomic E-state index is 5.72. The van der Waals surface area contributed by atoms with Crippen LogP contribution in [0.25, 0.3) is 0 Å². The molecule has 4 heteroatoms. The molecule has 0 aliphatic heterocycles. The number of nitrogens with two attached hydrogens (primary N) is 1. The van der Waals surface area contributed by atoms with Crippen LogP contribution in [0.4, 0.5) is 0 Å². The van der Waals surface area contributed by atoms with Crippen molar-refractivity contribution in [3.05, 3.63) is 46.2 Å². The molecule has 0 spiro atoms. The van der Waals surface area contributed by atoms with Gasteiger partial charge in [0.1, 0.15) is 18.1 Å². The lowest BCUT2D eigenvalue weighted by atomic mass is 10.2. The van der Waals surface area contributed by atoms with E-state index in [1.54, 1.807) is 18.4 Å². The summed E-state index contributed by atoms with van der Waals surface area (Å²) < 4.78 is 10.8. The van der Waals surface area contributed by atoms with Crippen LogP contribution in [0.1, 0.15) is 10.4 Å². The summed E-state index contributed by atoms with van der Waals surface area (Å²) >= 11 is 1.62. The van der Waals surface area contributed by atoms with Gasteiger partial charge in [-0.05, 0) is 29.1 Å². The van der Waals surface area contributed by atoms with Crippen molar-refractivity contribution in [1.29, 1.82) is 0 Å². The Kier molecular flexibility index (Phi) is 4.01. The lowest BCUT2D eigenvalue weighted by Crippen LogP contribution is -1.99. The maximum absolute atomic E-state index is 5.72. The molecular formula is C13H15NO2S. The second-order valence-corrected chi connectivity index (χ2v) is 4.55. The van der Waals surface area contributed by atoms with E-state index in [1.165, 1.54) is 0 Å². The molecule has 0 saturated heterocycles. The molecule has 0 unspecified atom stereocenters. The molecule has 3 nitrogen and oxygen atoms in total. The summed E-state index contributed by atoms with van der Waals surface area (Å²) in [5.74, 6) is 1.74. The fourth-order valence-corrected chi connectivity index (χ4v) is 2.18. The Morgan fingerprint density at radius 2 is 1.94 bits per heavy atom. The van der Waals surface area contributed by atoms with Crippen molar-refractivity contribution in [1.82, 2.24) is 0 Å². The standard InChI is InChI=1S/C13H15NO2S/c1-15-11-4-2-10(3-5-11)9-16-12-6-7-17-13(12)8-14/h2-7H,8-9,14H2,1H3. The number of rotatable bonds is 5. The smallest absolute Gasteiger partial charge is 0.134 e. The fraction of sp³-hybridized carbons (Fsp3) is 0.231. The molecule has 1 aromatic carbocycles. The summed E-state index contributed by atoms with van der Waals surface area (Å²) in [4.78, 5) is 1.08. The SMILES string of the molecule is COc1ccc(COc2ccsc2CN)cc1. The number of hydrogen-bond donors (Lipinski definition) is 1. The highest BCUT2D eigenvalue weighted by Crippen LogP contribution is 2.25. The minimum atomic E-state index is 0.523. The number of ether oxygens (including phenoxy) is 2. The van der Waals surface area contributed by atoms with Gasteiger partial charge >= 0.3 is 0 Å². The van der Waals surface area contributed by atoms with E-state index in [0.29, 0.717) is 13.2 Å². The molecule has 1 aromatic heterocycles. The molecule has 0 bridgehead atoms. The van der Waals surface area contributed by atoms with Gasteiger partial charge in [-0.25, -0.2) is 0 Å². The third kappa shape index (κ3) is 2.99. The van der Waals surface area contributed by atoms with Crippen molar-refractivity contribution in [2.24, 2.45) is 5.73 Å². The molecule has 0 aliphatic carbocycles. The Morgan fingerprint density at radius 3 is 2.59 bits per heavy atom. The summed E-state index contributed by atoms with van der Waals surface area (Å²) in [7, 11) is 1.66. The number of thiophene rings is 1. The molecule has 2 rings (SSSR count). The Bertz CT molecular complexity index is 465. The first-order chi connectivity index (χ1) is 8.33. The highest BCUT2D eigenvalue weighted by Gasteiger charge is 2.03. The van der Waals surface area contributed by atoms with E-state index in [1.807, 2.05) is 35.7 Å². The average molecular weight is 249 g/mol. The zero-order chi connectivity index (χ0) is 12.1. The molecule has 0 atom stereocenters. The molecule has 1 heterocycles. The lowest BCUT2D eigenvalue weighted by molar-refractivity contribution is 0.304. The molecule has 0 amide bonds. The van der Waals surface area contributed by atoms with Crippen LogP contribution in [0, 0.1) is 0 Å². The Balaban J connectivity index is 1.97. The van der Waals surface area contributed by atoms with E-state index in [9.17, 15) is 0 Å². The molecule has 2 aromatic rings. The Labute approximate surface area is 105 Å². The minimum Gasteiger partial charge on any atom is -0.497 e. The van der Waals surface area contributed by atoms with Gasteiger partial charge in [0.05, 0.1) is 12.0 Å². The monoisotopic (exact) mass is 249 g/mol. The molecule has 0 fully saturated rings. The first-order valence-electron chi connectivity index (χ1n) is 5.35. The Hall–Kier alpha value is -1.52. The molecule has 0 aliphatic rings. The molecule has 17 heavy (non-hydrogen) atoms. The topological polar surface area (TPSA) is 44.5 Å². The van der Waals surface area contributed by atoms with Gasteiger partial charge < -0.3 is 15.2 Å². The predicted octanol–water partition coefficient (Wildman–Crippen LogP) is 2.79. The lowest BCUT2D eigenvalue weighted by Gasteiger charge is -2.07. The molecule has 90 valence electrons.